The number of carboxylic acids is 1. The number of unbranched alkanes of at least 4 members (excludes halogenated alkanes) is 1. The van der Waals surface area contributed by atoms with Crippen molar-refractivity contribution in [2.45, 2.75) is 12.8 Å². The van der Waals surface area contributed by atoms with Crippen LogP contribution < -0.4 is 5.32 Å². The van der Waals surface area contributed by atoms with Crippen molar-refractivity contribution in [3.63, 3.8) is 0 Å². The van der Waals surface area contributed by atoms with E-state index in [4.69, 9.17) is 10.2 Å². The molecule has 0 bridgehead atoms. The van der Waals surface area contributed by atoms with E-state index in [0.717, 1.165) is 11.8 Å². The average molecular weight is 261 g/mol. The number of para-hydroxylation sites is 1. The van der Waals surface area contributed by atoms with Crippen LogP contribution in [-0.4, -0.2) is 39.3 Å². The number of fused-ring (bicyclic) bond motifs is 1. The average Bonchev–Trinajstić information content (AvgIpc) is 2.43. The molecule has 0 atom stereocenters. The van der Waals surface area contributed by atoms with Crippen molar-refractivity contribution < 1.29 is 15.0 Å². The standard InChI is InChI=1S/C13H15N3O3/c17-8-4-3-7-14-11-9-5-1-2-6-10(9)15-12(16-11)13(18)19/h1-2,5-6,17H,3-4,7-8H2,(H,18,19)(H,14,15,16). The van der Waals surface area contributed by atoms with E-state index in [1.807, 2.05) is 12.1 Å². The number of nitrogens with zero attached hydrogens (tertiary/aromatic N) is 2. The van der Waals surface area contributed by atoms with Crippen LogP contribution in [0.25, 0.3) is 10.9 Å². The predicted molar refractivity (Wildman–Crippen MR) is 71.3 cm³/mol. The number of aromatic carboxylic acids is 1. The fourth-order valence-corrected chi connectivity index (χ4v) is 1.75. The van der Waals surface area contributed by atoms with Crippen molar-refractivity contribution in [3.8, 4) is 0 Å². The summed E-state index contributed by atoms with van der Waals surface area (Å²) in [6.07, 6.45) is 1.49. The molecule has 0 spiro atoms. The highest BCUT2D eigenvalue weighted by Gasteiger charge is 2.11. The first-order valence-corrected chi connectivity index (χ1v) is 6.07. The van der Waals surface area contributed by atoms with Crippen LogP contribution in [0, 0.1) is 0 Å². The van der Waals surface area contributed by atoms with Gasteiger partial charge in [-0.25, -0.2) is 14.8 Å². The third-order valence-corrected chi connectivity index (χ3v) is 2.67. The van der Waals surface area contributed by atoms with E-state index in [0.29, 0.717) is 24.3 Å². The fourth-order valence-electron chi connectivity index (χ4n) is 1.75. The van der Waals surface area contributed by atoms with Gasteiger partial charge in [-0.3, -0.25) is 0 Å². The van der Waals surface area contributed by atoms with E-state index in [2.05, 4.69) is 15.3 Å². The summed E-state index contributed by atoms with van der Waals surface area (Å²) >= 11 is 0. The monoisotopic (exact) mass is 261 g/mol. The molecule has 0 fully saturated rings. The lowest BCUT2D eigenvalue weighted by atomic mass is 10.2. The molecule has 6 nitrogen and oxygen atoms in total. The van der Waals surface area contributed by atoms with Crippen LogP contribution in [0.4, 0.5) is 5.82 Å². The van der Waals surface area contributed by atoms with Gasteiger partial charge in [-0.15, -0.1) is 0 Å². The van der Waals surface area contributed by atoms with Gasteiger partial charge in [0.1, 0.15) is 5.82 Å². The van der Waals surface area contributed by atoms with E-state index in [9.17, 15) is 4.79 Å². The topological polar surface area (TPSA) is 95.3 Å². The maximum absolute atomic E-state index is 11.0. The van der Waals surface area contributed by atoms with Gasteiger partial charge in [0.05, 0.1) is 5.52 Å². The second-order valence-electron chi connectivity index (χ2n) is 4.08. The lowest BCUT2D eigenvalue weighted by Crippen LogP contribution is -2.10. The molecule has 0 saturated heterocycles. The molecule has 1 heterocycles. The third-order valence-electron chi connectivity index (χ3n) is 2.67. The SMILES string of the molecule is O=C(O)c1nc(NCCCCO)c2ccccc2n1. The number of nitrogens with one attached hydrogen (secondary N) is 1. The summed E-state index contributed by atoms with van der Waals surface area (Å²) in [5.41, 5.74) is 0.597. The van der Waals surface area contributed by atoms with Gasteiger partial charge in [0.2, 0.25) is 5.82 Å². The Bertz CT molecular complexity index is 586. The fraction of sp³-hybridized carbons (Fsp3) is 0.308. The Morgan fingerprint density at radius 3 is 2.74 bits per heavy atom. The smallest absolute Gasteiger partial charge is 0.374 e. The van der Waals surface area contributed by atoms with Gasteiger partial charge >= 0.3 is 5.97 Å². The van der Waals surface area contributed by atoms with Crippen LogP contribution in [0.15, 0.2) is 24.3 Å². The summed E-state index contributed by atoms with van der Waals surface area (Å²) in [6.45, 7) is 0.771. The molecule has 6 heteroatoms. The molecule has 0 aliphatic heterocycles. The second kappa shape index (κ2) is 6.10. The molecule has 0 aliphatic carbocycles. The first-order valence-electron chi connectivity index (χ1n) is 6.07. The highest BCUT2D eigenvalue weighted by Crippen LogP contribution is 2.20. The van der Waals surface area contributed by atoms with Crippen molar-refractivity contribution in [3.05, 3.63) is 30.1 Å². The Hall–Kier alpha value is -2.21. The van der Waals surface area contributed by atoms with Gasteiger partial charge in [0.15, 0.2) is 0 Å². The number of hydrogen-bond acceptors (Lipinski definition) is 5. The lowest BCUT2D eigenvalue weighted by Gasteiger charge is -2.09. The largest absolute Gasteiger partial charge is 0.475 e. The Balaban J connectivity index is 2.31. The molecule has 3 N–H and O–H groups in total. The number of aliphatic hydroxyl groups is 1. The van der Waals surface area contributed by atoms with Crippen LogP contribution in [0.1, 0.15) is 23.5 Å². The Morgan fingerprint density at radius 1 is 1.21 bits per heavy atom. The summed E-state index contributed by atoms with van der Waals surface area (Å²) in [5.74, 6) is -0.853. The summed E-state index contributed by atoms with van der Waals surface area (Å²) in [5, 5.41) is 21.6. The minimum atomic E-state index is -1.15. The molecule has 2 aromatic rings. The Morgan fingerprint density at radius 2 is 2.00 bits per heavy atom. The summed E-state index contributed by atoms with van der Waals surface area (Å²) in [4.78, 5) is 19.0. The molecule has 100 valence electrons. The Kier molecular flexibility index (Phi) is 4.25. The predicted octanol–water partition coefficient (Wildman–Crippen LogP) is 1.51. The Labute approximate surface area is 110 Å². The second-order valence-corrected chi connectivity index (χ2v) is 4.08. The maximum atomic E-state index is 11.0. The number of carboxylic acid groups (broad SMARTS) is 1. The molecular formula is C13H15N3O3. The van der Waals surface area contributed by atoms with Crippen LogP contribution in [0.5, 0.6) is 0 Å². The summed E-state index contributed by atoms with van der Waals surface area (Å²) in [6, 6.07) is 7.25. The first-order chi connectivity index (χ1) is 9.22. The zero-order valence-electron chi connectivity index (χ0n) is 10.3. The van der Waals surface area contributed by atoms with E-state index in [-0.39, 0.29) is 12.4 Å². The lowest BCUT2D eigenvalue weighted by molar-refractivity contribution is 0.0684. The molecule has 0 aliphatic rings. The van der Waals surface area contributed by atoms with Gasteiger partial charge < -0.3 is 15.5 Å². The molecule has 0 saturated carbocycles. The highest BCUT2D eigenvalue weighted by molar-refractivity contribution is 5.93. The van der Waals surface area contributed by atoms with Crippen molar-refractivity contribution >= 4 is 22.7 Å². The van der Waals surface area contributed by atoms with Crippen LogP contribution in [0.3, 0.4) is 0 Å². The third kappa shape index (κ3) is 3.17. The summed E-state index contributed by atoms with van der Waals surface area (Å²) in [7, 11) is 0. The van der Waals surface area contributed by atoms with Crippen LogP contribution in [-0.2, 0) is 0 Å². The van der Waals surface area contributed by atoms with Gasteiger partial charge in [-0.2, -0.15) is 0 Å². The number of benzene rings is 1. The number of hydrogen-bond donors (Lipinski definition) is 3. The minimum Gasteiger partial charge on any atom is -0.475 e. The van der Waals surface area contributed by atoms with E-state index in [1.54, 1.807) is 12.1 Å². The summed E-state index contributed by atoms with van der Waals surface area (Å²) < 4.78 is 0. The molecule has 0 radical (unpaired) electrons. The number of aliphatic hydroxyl groups excluding tert-OH is 1. The van der Waals surface area contributed by atoms with Crippen molar-refractivity contribution in [1.29, 1.82) is 0 Å². The van der Waals surface area contributed by atoms with E-state index in [1.165, 1.54) is 0 Å². The van der Waals surface area contributed by atoms with Crippen molar-refractivity contribution in [1.82, 2.24) is 9.97 Å². The van der Waals surface area contributed by atoms with E-state index >= 15 is 0 Å². The highest BCUT2D eigenvalue weighted by atomic mass is 16.4. The molecule has 1 aromatic carbocycles. The normalized spacial score (nSPS) is 10.6. The zero-order chi connectivity index (χ0) is 13.7. The molecular weight excluding hydrogens is 246 g/mol. The van der Waals surface area contributed by atoms with Gasteiger partial charge in [-0.05, 0) is 25.0 Å². The van der Waals surface area contributed by atoms with E-state index < -0.39 is 5.97 Å². The number of anilines is 1. The van der Waals surface area contributed by atoms with Gasteiger partial charge in [-0.1, -0.05) is 12.1 Å². The first kappa shape index (κ1) is 13.2. The van der Waals surface area contributed by atoms with Gasteiger partial charge in [0.25, 0.3) is 0 Å². The maximum Gasteiger partial charge on any atom is 0.374 e. The number of carbonyl (C=O) groups is 1. The minimum absolute atomic E-state index is 0.145. The molecule has 0 unspecified atom stereocenters. The molecule has 2 rings (SSSR count). The quantitative estimate of drug-likeness (QED) is 0.682. The number of aromatic nitrogens is 2. The molecule has 0 amide bonds. The zero-order valence-corrected chi connectivity index (χ0v) is 10.3. The van der Waals surface area contributed by atoms with Crippen LogP contribution in [0.2, 0.25) is 0 Å². The van der Waals surface area contributed by atoms with Crippen molar-refractivity contribution in [2.24, 2.45) is 0 Å². The molecule has 19 heavy (non-hydrogen) atoms. The van der Waals surface area contributed by atoms with Crippen molar-refractivity contribution in [2.75, 3.05) is 18.5 Å². The molecule has 1 aromatic heterocycles. The van der Waals surface area contributed by atoms with Crippen LogP contribution >= 0.6 is 0 Å². The number of rotatable bonds is 6. The van der Waals surface area contributed by atoms with Gasteiger partial charge in [0, 0.05) is 18.5 Å².